The second-order valence-electron chi connectivity index (χ2n) is 9.24. The Kier molecular flexibility index (Phi) is 6.49. The van der Waals surface area contributed by atoms with Gasteiger partial charge in [0, 0.05) is 55.7 Å². The molecule has 5 rings (SSSR count). The zero-order valence-electron chi connectivity index (χ0n) is 19.2. The minimum atomic E-state index is -0.509. The van der Waals surface area contributed by atoms with Crippen molar-refractivity contribution in [3.05, 3.63) is 53.9 Å². The summed E-state index contributed by atoms with van der Waals surface area (Å²) < 4.78 is 12.2. The zero-order chi connectivity index (χ0) is 23.7. The average Bonchev–Trinajstić information content (AvgIpc) is 3.22. The van der Waals surface area contributed by atoms with Gasteiger partial charge in [0.15, 0.2) is 0 Å². The number of hydrogen-bond donors (Lipinski definition) is 2. The number of benzene rings is 1. The van der Waals surface area contributed by atoms with Gasteiger partial charge in [0.2, 0.25) is 5.91 Å². The van der Waals surface area contributed by atoms with Crippen LogP contribution in [-0.4, -0.2) is 89.9 Å². The highest BCUT2D eigenvalue weighted by atomic mass is 16.6. The minimum absolute atomic E-state index is 0.0265. The summed E-state index contributed by atoms with van der Waals surface area (Å²) in [6, 6.07) is 8.99. The lowest BCUT2D eigenvalue weighted by Gasteiger charge is -2.38. The number of ether oxygens (including phenoxy) is 2. The Morgan fingerprint density at radius 3 is 2.76 bits per heavy atom. The maximum absolute atomic E-state index is 12.9. The van der Waals surface area contributed by atoms with Crippen molar-refractivity contribution in [1.29, 1.82) is 0 Å². The molecule has 1 aromatic carbocycles. The van der Waals surface area contributed by atoms with Gasteiger partial charge in [0.25, 0.3) is 5.91 Å². The third-order valence-electron chi connectivity index (χ3n) is 6.94. The summed E-state index contributed by atoms with van der Waals surface area (Å²) in [7, 11) is 2.06. The molecule has 1 aromatic heterocycles. The number of amides is 2. The molecule has 4 atom stereocenters. The first-order chi connectivity index (χ1) is 16.5. The first-order valence-corrected chi connectivity index (χ1v) is 11.8. The fourth-order valence-corrected chi connectivity index (χ4v) is 5.05. The first-order valence-electron chi connectivity index (χ1n) is 11.8. The van der Waals surface area contributed by atoms with Gasteiger partial charge in [0.05, 0.1) is 24.7 Å². The van der Waals surface area contributed by atoms with Crippen molar-refractivity contribution in [2.24, 2.45) is 0 Å². The van der Waals surface area contributed by atoms with Crippen LogP contribution in [-0.2, 0) is 9.53 Å². The van der Waals surface area contributed by atoms with E-state index >= 15 is 0 Å². The molecule has 0 spiro atoms. The number of piperazine rings is 1. The minimum Gasteiger partial charge on any atom is -0.487 e. The first kappa shape index (κ1) is 22.8. The van der Waals surface area contributed by atoms with E-state index in [9.17, 15) is 14.7 Å². The Balaban J connectivity index is 1.30. The van der Waals surface area contributed by atoms with Crippen LogP contribution in [0.4, 0.5) is 5.69 Å². The summed E-state index contributed by atoms with van der Waals surface area (Å²) in [5, 5.41) is 12.9. The molecule has 0 radical (unpaired) electrons. The third kappa shape index (κ3) is 4.64. The highest BCUT2D eigenvalue weighted by Crippen LogP contribution is 2.47. The normalized spacial score (nSPS) is 26.4. The van der Waals surface area contributed by atoms with Crippen LogP contribution in [0.1, 0.15) is 34.7 Å². The predicted molar refractivity (Wildman–Crippen MR) is 125 cm³/mol. The van der Waals surface area contributed by atoms with Crippen LogP contribution < -0.4 is 10.1 Å². The summed E-state index contributed by atoms with van der Waals surface area (Å²) in [5.41, 5.74) is 2.10. The van der Waals surface area contributed by atoms with Gasteiger partial charge in [0.1, 0.15) is 18.0 Å². The van der Waals surface area contributed by atoms with E-state index in [1.807, 2.05) is 17.0 Å². The summed E-state index contributed by atoms with van der Waals surface area (Å²) in [6.45, 7) is 3.01. The van der Waals surface area contributed by atoms with Gasteiger partial charge in [-0.1, -0.05) is 0 Å². The number of carbonyl (C=O) groups is 2. The van der Waals surface area contributed by atoms with Gasteiger partial charge in [-0.05, 0) is 43.8 Å². The van der Waals surface area contributed by atoms with Gasteiger partial charge in [-0.25, -0.2) is 0 Å². The van der Waals surface area contributed by atoms with Crippen molar-refractivity contribution in [3.63, 3.8) is 0 Å². The summed E-state index contributed by atoms with van der Waals surface area (Å²) >= 11 is 0. The van der Waals surface area contributed by atoms with E-state index in [0.29, 0.717) is 17.7 Å². The number of aliphatic hydroxyl groups is 1. The Morgan fingerprint density at radius 2 is 2.03 bits per heavy atom. The highest BCUT2D eigenvalue weighted by molar-refractivity contribution is 6.04. The Morgan fingerprint density at radius 1 is 1.21 bits per heavy atom. The number of anilines is 1. The van der Waals surface area contributed by atoms with Crippen LogP contribution in [0, 0.1) is 0 Å². The lowest BCUT2D eigenvalue weighted by Crippen LogP contribution is -2.50. The average molecular weight is 467 g/mol. The van der Waals surface area contributed by atoms with E-state index in [0.717, 1.165) is 37.5 Å². The second kappa shape index (κ2) is 9.69. The monoisotopic (exact) mass is 466 g/mol. The van der Waals surface area contributed by atoms with Crippen molar-refractivity contribution >= 4 is 17.5 Å². The summed E-state index contributed by atoms with van der Waals surface area (Å²) in [6.07, 6.45) is 2.92. The summed E-state index contributed by atoms with van der Waals surface area (Å²) in [5.74, 6) is 0.549. The van der Waals surface area contributed by atoms with E-state index < -0.39 is 6.10 Å². The fraction of sp³-hybridized carbons (Fsp3) is 0.480. The van der Waals surface area contributed by atoms with Crippen LogP contribution in [0.15, 0.2) is 42.7 Å². The molecule has 2 amide bonds. The van der Waals surface area contributed by atoms with E-state index in [1.54, 1.807) is 24.4 Å². The molecule has 34 heavy (non-hydrogen) atoms. The molecule has 0 saturated carbocycles. The standard InChI is InChI=1S/C25H30N4O5/c1-28-7-9-29(10-8-28)23(31)13-18-12-20-19-11-17(27-25(32)16-3-2-6-26-14-16)4-5-21(19)34-24(20)22(15-30)33-18/h2-6,11,14,18,20,22,24,30H,7-10,12-13,15H2,1H3,(H,27,32)/t18-,20-,22-,24+/m1/s1. The molecule has 9 nitrogen and oxygen atoms in total. The molecule has 2 aromatic rings. The largest absolute Gasteiger partial charge is 0.487 e. The van der Waals surface area contributed by atoms with Gasteiger partial charge in [-0.3, -0.25) is 14.6 Å². The van der Waals surface area contributed by atoms with E-state index in [2.05, 4.69) is 22.2 Å². The molecular weight excluding hydrogens is 436 g/mol. The topological polar surface area (TPSA) is 104 Å². The van der Waals surface area contributed by atoms with Crippen molar-refractivity contribution in [2.45, 2.75) is 37.1 Å². The Bertz CT molecular complexity index is 1040. The van der Waals surface area contributed by atoms with Gasteiger partial charge in [-0.2, -0.15) is 0 Å². The van der Waals surface area contributed by atoms with Gasteiger partial charge >= 0.3 is 0 Å². The molecule has 3 aliphatic heterocycles. The van der Waals surface area contributed by atoms with Crippen LogP contribution in [0.5, 0.6) is 5.75 Å². The summed E-state index contributed by atoms with van der Waals surface area (Å²) in [4.78, 5) is 33.6. The fourth-order valence-electron chi connectivity index (χ4n) is 5.05. The number of hydrogen-bond acceptors (Lipinski definition) is 7. The molecule has 9 heteroatoms. The number of nitrogens with one attached hydrogen (secondary N) is 1. The SMILES string of the molecule is CN1CCN(C(=O)C[C@H]2C[C@@H]3c4cc(NC(=O)c5cccnc5)ccc4O[C@@H]3[C@@H](CO)O2)CC1. The van der Waals surface area contributed by atoms with E-state index in [4.69, 9.17) is 9.47 Å². The van der Waals surface area contributed by atoms with Crippen molar-refractivity contribution in [1.82, 2.24) is 14.8 Å². The number of pyridine rings is 1. The lowest BCUT2D eigenvalue weighted by atomic mass is 9.84. The molecule has 0 unspecified atom stereocenters. The number of aromatic nitrogens is 1. The van der Waals surface area contributed by atoms with Crippen molar-refractivity contribution < 1.29 is 24.2 Å². The number of nitrogens with zero attached hydrogens (tertiary/aromatic N) is 3. The highest BCUT2D eigenvalue weighted by Gasteiger charge is 2.46. The third-order valence-corrected chi connectivity index (χ3v) is 6.94. The predicted octanol–water partition coefficient (Wildman–Crippen LogP) is 1.49. The Hall–Kier alpha value is -3.01. The van der Waals surface area contributed by atoms with Crippen LogP contribution >= 0.6 is 0 Å². The lowest BCUT2D eigenvalue weighted by molar-refractivity contribution is -0.150. The zero-order valence-corrected chi connectivity index (χ0v) is 19.2. The number of rotatable bonds is 5. The van der Waals surface area contributed by atoms with Crippen LogP contribution in [0.25, 0.3) is 0 Å². The molecule has 2 fully saturated rings. The van der Waals surface area contributed by atoms with Crippen LogP contribution in [0.3, 0.4) is 0 Å². The number of aliphatic hydroxyl groups excluding tert-OH is 1. The van der Waals surface area contributed by atoms with Gasteiger partial charge < -0.3 is 29.7 Å². The molecule has 0 aliphatic carbocycles. The molecular formula is C25H30N4O5. The molecule has 4 heterocycles. The molecule has 2 N–H and O–H groups in total. The van der Waals surface area contributed by atoms with Gasteiger partial charge in [-0.15, -0.1) is 0 Å². The maximum atomic E-state index is 12.9. The maximum Gasteiger partial charge on any atom is 0.257 e. The smallest absolute Gasteiger partial charge is 0.257 e. The number of carbonyl (C=O) groups excluding carboxylic acids is 2. The van der Waals surface area contributed by atoms with E-state index in [-0.39, 0.29) is 43.0 Å². The number of likely N-dealkylation sites (N-methyl/N-ethyl adjacent to an activating group) is 1. The molecule has 180 valence electrons. The van der Waals surface area contributed by atoms with Crippen LogP contribution in [0.2, 0.25) is 0 Å². The molecule has 0 bridgehead atoms. The Labute approximate surface area is 198 Å². The number of fused-ring (bicyclic) bond motifs is 3. The molecule has 3 aliphatic rings. The quantitative estimate of drug-likeness (QED) is 0.688. The van der Waals surface area contributed by atoms with E-state index in [1.165, 1.54) is 6.20 Å². The van der Waals surface area contributed by atoms with Crippen molar-refractivity contribution in [3.8, 4) is 5.75 Å². The second-order valence-corrected chi connectivity index (χ2v) is 9.24. The molecule has 2 saturated heterocycles. The van der Waals surface area contributed by atoms with Crippen molar-refractivity contribution in [2.75, 3.05) is 45.2 Å².